The van der Waals surface area contributed by atoms with Crippen LogP contribution in [-0.4, -0.2) is 50.9 Å². The van der Waals surface area contributed by atoms with Crippen molar-refractivity contribution in [1.82, 2.24) is 19.4 Å². The van der Waals surface area contributed by atoms with E-state index >= 15 is 0 Å². The number of aryl methyl sites for hydroxylation is 1. The van der Waals surface area contributed by atoms with Gasteiger partial charge in [-0.1, -0.05) is 0 Å². The van der Waals surface area contributed by atoms with Gasteiger partial charge in [-0.2, -0.15) is 0 Å². The number of pyridine rings is 1. The lowest BCUT2D eigenvalue weighted by molar-refractivity contribution is -0.0494. The Kier molecular flexibility index (Phi) is 4.34. The van der Waals surface area contributed by atoms with Crippen molar-refractivity contribution < 1.29 is 13.6 Å². The number of hydrogen-bond acceptors (Lipinski definition) is 5. The number of nitrogens with zero attached hydrogens (tertiary/aromatic N) is 5. The fourth-order valence-corrected chi connectivity index (χ4v) is 5.08. The SMILES string of the molecule is Cn1cnc2cc(N3CC4CC4c4cc(C(=O)N5CCC(F)(F)CC5)ccc43)cnc2c1=O. The third kappa shape index (κ3) is 3.37. The van der Waals surface area contributed by atoms with Crippen molar-refractivity contribution in [3.63, 3.8) is 0 Å². The summed E-state index contributed by atoms with van der Waals surface area (Å²) in [5.74, 6) is -1.96. The monoisotopic (exact) mass is 451 g/mol. The van der Waals surface area contributed by atoms with Crippen LogP contribution < -0.4 is 10.5 Å². The van der Waals surface area contributed by atoms with Gasteiger partial charge in [-0.3, -0.25) is 9.59 Å². The van der Waals surface area contributed by atoms with E-state index in [0.717, 1.165) is 29.9 Å². The zero-order valence-electron chi connectivity index (χ0n) is 18.2. The van der Waals surface area contributed by atoms with Crippen molar-refractivity contribution in [2.24, 2.45) is 13.0 Å². The van der Waals surface area contributed by atoms with E-state index in [-0.39, 0.29) is 37.4 Å². The van der Waals surface area contributed by atoms with E-state index in [4.69, 9.17) is 0 Å². The van der Waals surface area contributed by atoms with Gasteiger partial charge in [0.05, 0.1) is 23.7 Å². The van der Waals surface area contributed by atoms with Gasteiger partial charge in [0, 0.05) is 50.8 Å². The summed E-state index contributed by atoms with van der Waals surface area (Å²) >= 11 is 0. The van der Waals surface area contributed by atoms with Gasteiger partial charge in [0.25, 0.3) is 17.4 Å². The molecule has 1 saturated heterocycles. The molecular weight excluding hydrogens is 428 g/mol. The molecule has 0 radical (unpaired) electrons. The maximum absolute atomic E-state index is 13.5. The molecule has 9 heteroatoms. The largest absolute Gasteiger partial charge is 0.340 e. The molecule has 3 aromatic rings. The summed E-state index contributed by atoms with van der Waals surface area (Å²) in [7, 11) is 1.65. The van der Waals surface area contributed by atoms with Gasteiger partial charge in [0.15, 0.2) is 5.52 Å². The summed E-state index contributed by atoms with van der Waals surface area (Å²) in [6.07, 6.45) is 3.68. The van der Waals surface area contributed by atoms with Gasteiger partial charge < -0.3 is 14.4 Å². The highest BCUT2D eigenvalue weighted by Crippen LogP contribution is 2.56. The van der Waals surface area contributed by atoms with Gasteiger partial charge in [-0.15, -0.1) is 0 Å². The number of aromatic nitrogens is 3. The normalized spacial score (nSPS) is 23.2. The number of rotatable bonds is 2. The van der Waals surface area contributed by atoms with Crippen molar-refractivity contribution in [1.29, 1.82) is 0 Å². The van der Waals surface area contributed by atoms with Gasteiger partial charge >= 0.3 is 0 Å². The van der Waals surface area contributed by atoms with Crippen LogP contribution in [0.3, 0.4) is 0 Å². The highest BCUT2D eigenvalue weighted by atomic mass is 19.3. The zero-order chi connectivity index (χ0) is 22.9. The van der Waals surface area contributed by atoms with Crippen LogP contribution in [-0.2, 0) is 7.05 Å². The maximum atomic E-state index is 13.5. The van der Waals surface area contributed by atoms with Crippen molar-refractivity contribution in [3.8, 4) is 0 Å². The van der Waals surface area contributed by atoms with E-state index < -0.39 is 5.92 Å². The van der Waals surface area contributed by atoms with Crippen LogP contribution >= 0.6 is 0 Å². The summed E-state index contributed by atoms with van der Waals surface area (Å²) < 4.78 is 28.4. The zero-order valence-corrected chi connectivity index (χ0v) is 18.2. The molecule has 2 aliphatic heterocycles. The Morgan fingerprint density at radius 3 is 2.73 bits per heavy atom. The van der Waals surface area contributed by atoms with E-state index in [2.05, 4.69) is 14.9 Å². The Morgan fingerprint density at radius 2 is 1.94 bits per heavy atom. The van der Waals surface area contributed by atoms with Crippen LogP contribution in [0.2, 0.25) is 0 Å². The predicted octanol–water partition coefficient (Wildman–Crippen LogP) is 3.46. The molecule has 33 heavy (non-hydrogen) atoms. The third-order valence-corrected chi connectivity index (χ3v) is 7.14. The van der Waals surface area contributed by atoms with Crippen LogP contribution in [0.5, 0.6) is 0 Å². The number of fused-ring (bicyclic) bond motifs is 4. The number of benzene rings is 1. The topological polar surface area (TPSA) is 71.3 Å². The molecule has 0 spiro atoms. The van der Waals surface area contributed by atoms with E-state index in [0.29, 0.717) is 28.4 Å². The average molecular weight is 451 g/mol. The molecule has 1 aliphatic carbocycles. The number of hydrogen-bond donors (Lipinski definition) is 0. The van der Waals surface area contributed by atoms with Crippen molar-refractivity contribution in [3.05, 3.63) is 58.3 Å². The Morgan fingerprint density at radius 1 is 1.15 bits per heavy atom. The second-order valence-electron chi connectivity index (χ2n) is 9.36. The lowest BCUT2D eigenvalue weighted by Crippen LogP contribution is -2.42. The minimum Gasteiger partial charge on any atom is -0.340 e. The van der Waals surface area contributed by atoms with Gasteiger partial charge in [0.1, 0.15) is 0 Å². The van der Waals surface area contributed by atoms with Crippen molar-refractivity contribution in [2.45, 2.75) is 31.1 Å². The van der Waals surface area contributed by atoms with E-state index in [1.54, 1.807) is 19.3 Å². The van der Waals surface area contributed by atoms with Gasteiger partial charge in [0.2, 0.25) is 0 Å². The Labute approximate surface area is 188 Å². The average Bonchev–Trinajstić information content (AvgIpc) is 3.60. The molecule has 7 nitrogen and oxygen atoms in total. The molecule has 2 unspecified atom stereocenters. The smallest absolute Gasteiger partial charge is 0.279 e. The Balaban J connectivity index is 1.33. The number of halogens is 2. The first kappa shape index (κ1) is 20.3. The molecule has 1 saturated carbocycles. The van der Waals surface area contributed by atoms with Crippen LogP contribution in [0.25, 0.3) is 11.0 Å². The summed E-state index contributed by atoms with van der Waals surface area (Å²) in [6, 6.07) is 7.54. The first-order chi connectivity index (χ1) is 15.8. The van der Waals surface area contributed by atoms with Crippen LogP contribution in [0.1, 0.15) is 41.1 Å². The van der Waals surface area contributed by atoms with Crippen LogP contribution in [0.4, 0.5) is 20.2 Å². The molecule has 0 N–H and O–H groups in total. The van der Waals surface area contributed by atoms with Crippen LogP contribution in [0.15, 0.2) is 41.6 Å². The van der Waals surface area contributed by atoms with Crippen molar-refractivity contribution in [2.75, 3.05) is 24.5 Å². The minimum absolute atomic E-state index is 0.0797. The molecule has 6 rings (SSSR count). The van der Waals surface area contributed by atoms with E-state index in [9.17, 15) is 18.4 Å². The summed E-state index contributed by atoms with van der Waals surface area (Å²) in [6.45, 7) is 0.997. The molecule has 3 aliphatic rings. The maximum Gasteiger partial charge on any atom is 0.279 e. The lowest BCUT2D eigenvalue weighted by Gasteiger charge is -2.33. The fourth-order valence-electron chi connectivity index (χ4n) is 5.08. The standard InChI is InChI=1S/C24H23F2N5O2/c1-29-13-28-19-10-16(11-27-21(19)23(29)33)31-12-15-9-17(15)18-8-14(2-3-20(18)31)22(32)30-6-4-24(25,26)5-7-30/h2-3,8,10-11,13,15,17H,4-7,9,12H2,1H3. The number of amides is 1. The third-order valence-electron chi connectivity index (χ3n) is 7.14. The summed E-state index contributed by atoms with van der Waals surface area (Å²) in [5.41, 5.74) is 4.21. The molecule has 1 aromatic carbocycles. The number of piperidine rings is 1. The number of carbonyl (C=O) groups is 1. The number of anilines is 2. The van der Waals surface area contributed by atoms with E-state index in [1.165, 1.54) is 15.8 Å². The highest BCUT2D eigenvalue weighted by Gasteiger charge is 2.46. The number of likely N-dealkylation sites (tertiary alicyclic amines) is 1. The predicted molar refractivity (Wildman–Crippen MR) is 119 cm³/mol. The second kappa shape index (κ2) is 7.07. The molecule has 1 amide bonds. The first-order valence-corrected chi connectivity index (χ1v) is 11.2. The molecule has 2 atom stereocenters. The van der Waals surface area contributed by atoms with E-state index in [1.807, 2.05) is 18.2 Å². The number of alkyl halides is 2. The molecule has 170 valence electrons. The molecule has 2 aromatic heterocycles. The molecule has 2 fully saturated rings. The summed E-state index contributed by atoms with van der Waals surface area (Å²) in [4.78, 5) is 37.7. The first-order valence-electron chi connectivity index (χ1n) is 11.2. The quantitative estimate of drug-likeness (QED) is 0.597. The lowest BCUT2D eigenvalue weighted by atomic mass is 9.97. The minimum atomic E-state index is -2.68. The molecular formula is C24H23F2N5O2. The Hall–Kier alpha value is -3.36. The highest BCUT2D eigenvalue weighted by molar-refractivity contribution is 5.95. The second-order valence-corrected chi connectivity index (χ2v) is 9.36. The van der Waals surface area contributed by atoms with Crippen LogP contribution in [0, 0.1) is 5.92 Å². The molecule has 0 bridgehead atoms. The van der Waals surface area contributed by atoms with Gasteiger partial charge in [-0.05, 0) is 48.1 Å². The molecule has 4 heterocycles. The fraction of sp³-hybridized carbons (Fsp3) is 0.417. The van der Waals surface area contributed by atoms with Crippen molar-refractivity contribution >= 4 is 28.3 Å². The number of carbonyl (C=O) groups excluding carboxylic acids is 1. The Bertz CT molecular complexity index is 1340. The summed E-state index contributed by atoms with van der Waals surface area (Å²) in [5, 5.41) is 0. The van der Waals surface area contributed by atoms with Gasteiger partial charge in [-0.25, -0.2) is 18.7 Å².